The highest BCUT2D eigenvalue weighted by atomic mass is 19.4. The van der Waals surface area contributed by atoms with Gasteiger partial charge >= 0.3 is 6.18 Å². The molecule has 1 aromatic carbocycles. The zero-order chi connectivity index (χ0) is 20.6. The molecule has 0 radical (unpaired) electrons. The molecule has 1 aromatic heterocycles. The van der Waals surface area contributed by atoms with Crippen LogP contribution in [0, 0.1) is 5.92 Å². The molecule has 2 aliphatic rings. The van der Waals surface area contributed by atoms with Gasteiger partial charge in [-0.2, -0.15) is 18.3 Å². The first-order valence-corrected chi connectivity index (χ1v) is 9.75. The highest BCUT2D eigenvalue weighted by Gasteiger charge is 2.41. The maximum atomic E-state index is 12.9. The van der Waals surface area contributed by atoms with Crippen LogP contribution in [0.2, 0.25) is 0 Å². The Morgan fingerprint density at radius 1 is 1.17 bits per heavy atom. The van der Waals surface area contributed by atoms with Crippen LogP contribution in [0.4, 0.5) is 18.9 Å². The number of fused-ring (bicyclic) bond motifs is 1. The Labute approximate surface area is 166 Å². The molecule has 0 atom stereocenters. The maximum Gasteiger partial charge on any atom is 0.391 e. The van der Waals surface area contributed by atoms with E-state index in [0.29, 0.717) is 31.6 Å². The van der Waals surface area contributed by atoms with Gasteiger partial charge in [-0.25, -0.2) is 4.68 Å². The number of aromatic nitrogens is 2. The number of alkyl halides is 3. The first-order valence-electron chi connectivity index (χ1n) is 9.75. The predicted octanol–water partition coefficient (Wildman–Crippen LogP) is 3.38. The SMILES string of the molecule is Nc1ccc(-n2nc(C(=O)NC3CCC(C(F)(F)F)CC3)c3c2CCOC3)cc1. The lowest BCUT2D eigenvalue weighted by Gasteiger charge is -2.30. The number of nitrogens with two attached hydrogens (primary N) is 1. The topological polar surface area (TPSA) is 82.2 Å². The molecular formula is C20H23F3N4O2. The fraction of sp³-hybridized carbons (Fsp3) is 0.500. The predicted molar refractivity (Wildman–Crippen MR) is 101 cm³/mol. The van der Waals surface area contributed by atoms with Gasteiger partial charge in [0.15, 0.2) is 5.69 Å². The second-order valence-corrected chi connectivity index (χ2v) is 7.64. The zero-order valence-corrected chi connectivity index (χ0v) is 15.8. The molecule has 29 heavy (non-hydrogen) atoms. The van der Waals surface area contributed by atoms with Gasteiger partial charge in [0.25, 0.3) is 5.91 Å². The molecule has 9 heteroatoms. The molecule has 1 aliphatic heterocycles. The van der Waals surface area contributed by atoms with Crippen molar-refractivity contribution in [3.05, 3.63) is 41.2 Å². The number of ether oxygens (including phenoxy) is 1. The van der Waals surface area contributed by atoms with E-state index in [2.05, 4.69) is 10.4 Å². The Hall–Kier alpha value is -2.55. The molecule has 3 N–H and O–H groups in total. The van der Waals surface area contributed by atoms with Crippen molar-refractivity contribution in [2.24, 2.45) is 5.92 Å². The van der Waals surface area contributed by atoms with E-state index in [9.17, 15) is 18.0 Å². The summed E-state index contributed by atoms with van der Waals surface area (Å²) < 4.78 is 45.8. The Bertz CT molecular complexity index is 884. The monoisotopic (exact) mass is 408 g/mol. The summed E-state index contributed by atoms with van der Waals surface area (Å²) in [6, 6.07) is 6.92. The highest BCUT2D eigenvalue weighted by molar-refractivity contribution is 5.94. The Kier molecular flexibility index (Phi) is 5.24. The first kappa shape index (κ1) is 19.8. The third-order valence-electron chi connectivity index (χ3n) is 5.70. The molecule has 1 amide bonds. The minimum Gasteiger partial charge on any atom is -0.399 e. The number of hydrogen-bond acceptors (Lipinski definition) is 4. The van der Waals surface area contributed by atoms with Gasteiger partial charge in [-0.3, -0.25) is 4.79 Å². The lowest BCUT2D eigenvalue weighted by Crippen LogP contribution is -2.40. The molecule has 6 nitrogen and oxygen atoms in total. The van der Waals surface area contributed by atoms with Crippen molar-refractivity contribution in [3.8, 4) is 5.69 Å². The van der Waals surface area contributed by atoms with Gasteiger partial charge in [-0.15, -0.1) is 0 Å². The molecule has 0 spiro atoms. The molecule has 0 bridgehead atoms. The first-order chi connectivity index (χ1) is 13.8. The number of nitrogens with one attached hydrogen (secondary N) is 1. The molecule has 1 fully saturated rings. The van der Waals surface area contributed by atoms with E-state index in [1.165, 1.54) is 0 Å². The van der Waals surface area contributed by atoms with Crippen LogP contribution in [0.5, 0.6) is 0 Å². The number of rotatable bonds is 3. The number of anilines is 1. The average molecular weight is 408 g/mol. The number of hydrogen-bond donors (Lipinski definition) is 2. The van der Waals surface area contributed by atoms with Crippen LogP contribution in [-0.2, 0) is 17.8 Å². The third-order valence-corrected chi connectivity index (χ3v) is 5.70. The van der Waals surface area contributed by atoms with Crippen molar-refractivity contribution in [3.63, 3.8) is 0 Å². The van der Waals surface area contributed by atoms with Crippen molar-refractivity contribution in [2.75, 3.05) is 12.3 Å². The minimum absolute atomic E-state index is 0.0372. The van der Waals surface area contributed by atoms with Crippen LogP contribution < -0.4 is 11.1 Å². The summed E-state index contributed by atoms with van der Waals surface area (Å²) in [4.78, 5) is 12.9. The summed E-state index contributed by atoms with van der Waals surface area (Å²) in [7, 11) is 0. The molecule has 156 valence electrons. The van der Waals surface area contributed by atoms with Gasteiger partial charge in [0.05, 0.1) is 30.5 Å². The number of halogens is 3. The number of benzene rings is 1. The number of nitrogens with zero attached hydrogens (tertiary/aromatic N) is 2. The normalized spacial score (nSPS) is 22.2. The van der Waals surface area contributed by atoms with Crippen LogP contribution in [-0.4, -0.2) is 34.5 Å². The van der Waals surface area contributed by atoms with Gasteiger partial charge in [0, 0.05) is 23.7 Å². The summed E-state index contributed by atoms with van der Waals surface area (Å²) in [5.74, 6) is -1.64. The van der Waals surface area contributed by atoms with E-state index in [1.807, 2.05) is 12.1 Å². The summed E-state index contributed by atoms with van der Waals surface area (Å²) >= 11 is 0. The Morgan fingerprint density at radius 2 is 1.86 bits per heavy atom. The maximum absolute atomic E-state index is 12.9. The van der Waals surface area contributed by atoms with Gasteiger partial charge in [0.2, 0.25) is 0 Å². The number of nitrogen functional groups attached to an aromatic ring is 1. The van der Waals surface area contributed by atoms with Crippen LogP contribution >= 0.6 is 0 Å². The van der Waals surface area contributed by atoms with E-state index in [1.54, 1.807) is 16.8 Å². The van der Waals surface area contributed by atoms with E-state index in [4.69, 9.17) is 10.5 Å². The van der Waals surface area contributed by atoms with E-state index in [-0.39, 0.29) is 37.1 Å². The van der Waals surface area contributed by atoms with Crippen molar-refractivity contribution >= 4 is 11.6 Å². The molecule has 2 heterocycles. The fourth-order valence-electron chi connectivity index (χ4n) is 4.07. The molecule has 4 rings (SSSR count). The van der Waals surface area contributed by atoms with Crippen LogP contribution in [0.1, 0.15) is 47.4 Å². The summed E-state index contributed by atoms with van der Waals surface area (Å²) in [6.45, 7) is 0.823. The largest absolute Gasteiger partial charge is 0.399 e. The second kappa shape index (κ2) is 7.70. The summed E-state index contributed by atoms with van der Waals surface area (Å²) in [6.07, 6.45) is -2.84. The highest BCUT2D eigenvalue weighted by Crippen LogP contribution is 2.37. The van der Waals surface area contributed by atoms with Gasteiger partial charge < -0.3 is 15.8 Å². The van der Waals surface area contributed by atoms with Crippen LogP contribution in [0.3, 0.4) is 0 Å². The quantitative estimate of drug-likeness (QED) is 0.763. The smallest absolute Gasteiger partial charge is 0.391 e. The van der Waals surface area contributed by atoms with Crippen LogP contribution in [0.15, 0.2) is 24.3 Å². The lowest BCUT2D eigenvalue weighted by molar-refractivity contribution is -0.182. The van der Waals surface area contributed by atoms with E-state index in [0.717, 1.165) is 16.9 Å². The Morgan fingerprint density at radius 3 is 2.52 bits per heavy atom. The number of carbonyl (C=O) groups is 1. The Balaban J connectivity index is 1.52. The lowest BCUT2D eigenvalue weighted by atomic mass is 9.85. The number of amides is 1. The van der Waals surface area contributed by atoms with Gasteiger partial charge in [-0.1, -0.05) is 0 Å². The molecule has 2 aromatic rings. The molecule has 1 saturated carbocycles. The molecule has 0 saturated heterocycles. The number of carbonyl (C=O) groups excluding carboxylic acids is 1. The zero-order valence-electron chi connectivity index (χ0n) is 15.8. The van der Waals surface area contributed by atoms with E-state index < -0.39 is 12.1 Å². The van der Waals surface area contributed by atoms with E-state index >= 15 is 0 Å². The minimum atomic E-state index is -4.16. The van der Waals surface area contributed by atoms with Crippen molar-refractivity contribution in [1.29, 1.82) is 0 Å². The molecular weight excluding hydrogens is 385 g/mol. The average Bonchev–Trinajstić information content (AvgIpc) is 3.08. The van der Waals surface area contributed by atoms with Gasteiger partial charge in [-0.05, 0) is 49.9 Å². The van der Waals surface area contributed by atoms with Crippen molar-refractivity contribution < 1.29 is 22.7 Å². The summed E-state index contributed by atoms with van der Waals surface area (Å²) in [5, 5.41) is 7.39. The standard InChI is InChI=1S/C20H23F3N4O2/c21-20(22,23)12-1-5-14(6-2-12)25-19(28)18-16-11-29-10-9-17(16)27(26-18)15-7-3-13(24)4-8-15/h3-4,7-8,12,14H,1-2,5-6,9-11,24H2,(H,25,28). The van der Waals surface area contributed by atoms with Gasteiger partial charge in [0.1, 0.15) is 0 Å². The second-order valence-electron chi connectivity index (χ2n) is 7.64. The van der Waals surface area contributed by atoms with Crippen molar-refractivity contribution in [1.82, 2.24) is 15.1 Å². The fourth-order valence-corrected chi connectivity index (χ4v) is 4.07. The van der Waals surface area contributed by atoms with Crippen molar-refractivity contribution in [2.45, 2.75) is 50.9 Å². The van der Waals surface area contributed by atoms with Crippen LogP contribution in [0.25, 0.3) is 5.69 Å². The molecule has 1 aliphatic carbocycles. The summed E-state index contributed by atoms with van der Waals surface area (Å²) in [5.41, 5.74) is 9.09. The molecule has 0 unspecified atom stereocenters. The third kappa shape index (κ3) is 4.10.